The van der Waals surface area contributed by atoms with Crippen molar-refractivity contribution >= 4 is 23.9 Å². The van der Waals surface area contributed by atoms with Gasteiger partial charge in [0, 0.05) is 22.8 Å². The third-order valence-corrected chi connectivity index (χ3v) is 3.03. The van der Waals surface area contributed by atoms with Gasteiger partial charge in [0.15, 0.2) is 0 Å². The van der Waals surface area contributed by atoms with Gasteiger partial charge in [0.25, 0.3) is 0 Å². The lowest BCUT2D eigenvalue weighted by Crippen LogP contribution is -2.06. The molecule has 2 N–H and O–H groups in total. The van der Waals surface area contributed by atoms with Crippen molar-refractivity contribution in [1.82, 2.24) is 0 Å². The molecule has 8 nitrogen and oxygen atoms in total. The quantitative estimate of drug-likeness (QED) is 0.470. The average molecular weight is 432 g/mol. The maximum absolute atomic E-state index is 11.5. The van der Waals surface area contributed by atoms with Crippen LogP contribution in [0.3, 0.4) is 0 Å². The zero-order chi connectivity index (χ0) is 24.4. The van der Waals surface area contributed by atoms with Crippen LogP contribution in [0.25, 0.3) is 0 Å². The lowest BCUT2D eigenvalue weighted by Gasteiger charge is -2.05. The van der Waals surface area contributed by atoms with Crippen LogP contribution in [0.15, 0.2) is 78.9 Å². The van der Waals surface area contributed by atoms with E-state index in [-0.39, 0.29) is 30.1 Å². The lowest BCUT2D eigenvalue weighted by atomic mass is 10.2. The van der Waals surface area contributed by atoms with E-state index >= 15 is 0 Å². The van der Waals surface area contributed by atoms with Gasteiger partial charge in [0.2, 0.25) is 0 Å². The van der Waals surface area contributed by atoms with E-state index in [0.717, 1.165) is 11.6 Å². The Morgan fingerprint density at radius 3 is 1.81 bits per heavy atom. The van der Waals surface area contributed by atoms with E-state index in [2.05, 4.69) is 24.5 Å². The number of hydrogen-bond donors (Lipinski definition) is 2. The summed E-state index contributed by atoms with van der Waals surface area (Å²) in [4.78, 5) is 41.5. The normalized spacial score (nSPS) is 9.13. The van der Waals surface area contributed by atoms with Crippen molar-refractivity contribution in [3.05, 3.63) is 84.5 Å². The predicted molar refractivity (Wildman–Crippen MR) is 116 cm³/mol. The molecule has 1 rings (SSSR count). The zero-order valence-corrected chi connectivity index (χ0v) is 17.9. The van der Waals surface area contributed by atoms with Crippen LogP contribution in [-0.4, -0.2) is 41.2 Å². The van der Waals surface area contributed by atoms with Gasteiger partial charge >= 0.3 is 23.9 Å². The molecule has 0 spiro atoms. The molecule has 8 heteroatoms. The molecular formula is C23H28O8. The fourth-order valence-corrected chi connectivity index (χ4v) is 1.38. The lowest BCUT2D eigenvalue weighted by molar-refractivity contribution is -0.140. The van der Waals surface area contributed by atoms with Gasteiger partial charge in [-0.3, -0.25) is 0 Å². The summed E-state index contributed by atoms with van der Waals surface area (Å²) in [5, 5.41) is 16.3. The molecule has 0 aliphatic rings. The molecule has 1 aromatic rings. The molecule has 0 saturated heterocycles. The molecule has 0 heterocycles. The monoisotopic (exact) mass is 432 g/mol. The maximum atomic E-state index is 11.5. The molecule has 0 unspecified atom stereocenters. The fraction of sp³-hybridized carbons (Fsp3) is 0.217. The summed E-state index contributed by atoms with van der Waals surface area (Å²) in [6, 6.07) is 9.28. The van der Waals surface area contributed by atoms with E-state index < -0.39 is 17.9 Å². The van der Waals surface area contributed by atoms with E-state index in [1.807, 2.05) is 30.3 Å². The van der Waals surface area contributed by atoms with Crippen LogP contribution in [-0.2, 0) is 35.3 Å². The topological polar surface area (TPSA) is 127 Å². The van der Waals surface area contributed by atoms with Crippen molar-refractivity contribution in [2.75, 3.05) is 7.11 Å². The fourth-order valence-electron chi connectivity index (χ4n) is 1.38. The average Bonchev–Trinajstić information content (AvgIpc) is 2.72. The minimum absolute atomic E-state index is 0.167. The van der Waals surface area contributed by atoms with Gasteiger partial charge in [-0.25, -0.2) is 19.2 Å². The van der Waals surface area contributed by atoms with Gasteiger partial charge in [-0.15, -0.1) is 0 Å². The van der Waals surface area contributed by atoms with E-state index in [9.17, 15) is 19.2 Å². The first-order chi connectivity index (χ1) is 14.4. The smallest absolute Gasteiger partial charge is 0.334 e. The highest BCUT2D eigenvalue weighted by Gasteiger charge is 2.07. The SMILES string of the molecule is C=C(C)C(=O)O.C=C(C)C(=O)OC.C=C(CC=CC(=O)O)C(=O)OCc1ccccc1. The van der Waals surface area contributed by atoms with E-state index in [4.69, 9.17) is 14.9 Å². The summed E-state index contributed by atoms with van der Waals surface area (Å²) in [5.41, 5.74) is 1.72. The van der Waals surface area contributed by atoms with Crippen molar-refractivity contribution in [3.8, 4) is 0 Å². The Hall–Kier alpha value is -3.94. The van der Waals surface area contributed by atoms with Crippen molar-refractivity contribution < 1.29 is 38.9 Å². The van der Waals surface area contributed by atoms with Crippen LogP contribution in [0.1, 0.15) is 25.8 Å². The molecule has 0 aromatic heterocycles. The molecule has 0 amide bonds. The zero-order valence-electron chi connectivity index (χ0n) is 17.9. The molecular weight excluding hydrogens is 404 g/mol. The molecule has 0 aliphatic carbocycles. The molecule has 31 heavy (non-hydrogen) atoms. The standard InChI is InChI=1S/C14H14O4.C5H8O2.C4H6O2/c1-11(6-5-9-13(15)16)14(17)18-10-12-7-3-2-4-8-12;1-4(2)5(6)7-3;1-3(2)4(5)6/h2-5,7-9H,1,6,10H2,(H,15,16);1H2,2-3H3;1H2,2H3,(H,5,6). The minimum atomic E-state index is -1.06. The van der Waals surface area contributed by atoms with E-state index in [1.165, 1.54) is 20.1 Å². The highest BCUT2D eigenvalue weighted by Crippen LogP contribution is 2.06. The number of carboxylic acid groups (broad SMARTS) is 2. The van der Waals surface area contributed by atoms with Gasteiger partial charge in [0.1, 0.15) is 6.61 Å². The molecule has 0 aliphatic heterocycles. The molecule has 168 valence electrons. The van der Waals surface area contributed by atoms with Crippen LogP contribution in [0.2, 0.25) is 0 Å². The first kappa shape index (κ1) is 29.3. The largest absolute Gasteiger partial charge is 0.478 e. The first-order valence-electron chi connectivity index (χ1n) is 8.83. The number of ether oxygens (including phenoxy) is 2. The van der Waals surface area contributed by atoms with Crippen molar-refractivity contribution in [2.24, 2.45) is 0 Å². The Morgan fingerprint density at radius 2 is 1.45 bits per heavy atom. The number of rotatable bonds is 8. The predicted octanol–water partition coefficient (Wildman–Crippen LogP) is 3.70. The Labute approximate surface area is 181 Å². The number of aliphatic carboxylic acids is 2. The molecule has 1 aromatic carbocycles. The maximum Gasteiger partial charge on any atom is 0.334 e. The van der Waals surface area contributed by atoms with E-state index in [0.29, 0.717) is 5.57 Å². The third-order valence-electron chi connectivity index (χ3n) is 3.03. The molecule has 0 atom stereocenters. The van der Waals surface area contributed by atoms with Crippen molar-refractivity contribution in [2.45, 2.75) is 26.9 Å². The summed E-state index contributed by atoms with van der Waals surface area (Å²) < 4.78 is 9.30. The van der Waals surface area contributed by atoms with Gasteiger partial charge in [-0.2, -0.15) is 0 Å². The molecule has 0 bridgehead atoms. The van der Waals surface area contributed by atoms with Crippen LogP contribution in [0.4, 0.5) is 0 Å². The summed E-state index contributed by atoms with van der Waals surface area (Å²) in [7, 11) is 1.33. The number of esters is 2. The second-order valence-corrected chi connectivity index (χ2v) is 5.97. The number of carboxylic acids is 2. The van der Waals surface area contributed by atoms with E-state index in [1.54, 1.807) is 6.92 Å². The number of hydrogen-bond acceptors (Lipinski definition) is 6. The number of carbonyl (C=O) groups excluding carboxylic acids is 2. The number of carbonyl (C=O) groups is 4. The first-order valence-corrected chi connectivity index (χ1v) is 8.83. The van der Waals surface area contributed by atoms with Gasteiger partial charge < -0.3 is 19.7 Å². The molecule has 0 fully saturated rings. The van der Waals surface area contributed by atoms with Crippen molar-refractivity contribution in [3.63, 3.8) is 0 Å². The van der Waals surface area contributed by atoms with Crippen LogP contribution >= 0.6 is 0 Å². The Balaban J connectivity index is 0. The summed E-state index contributed by atoms with van der Waals surface area (Å²) >= 11 is 0. The van der Waals surface area contributed by atoms with Gasteiger partial charge in [0.05, 0.1) is 7.11 Å². The Kier molecular flexibility index (Phi) is 16.0. The number of allylic oxidation sites excluding steroid dienone is 1. The summed E-state index contributed by atoms with van der Waals surface area (Å²) in [6.07, 6.45) is 2.49. The van der Waals surface area contributed by atoms with Crippen LogP contribution in [0, 0.1) is 0 Å². The van der Waals surface area contributed by atoms with Gasteiger partial charge in [-0.1, -0.05) is 56.1 Å². The molecule has 0 radical (unpaired) electrons. The minimum Gasteiger partial charge on any atom is -0.478 e. The second-order valence-electron chi connectivity index (χ2n) is 5.97. The third kappa shape index (κ3) is 17.9. The van der Waals surface area contributed by atoms with Crippen LogP contribution in [0.5, 0.6) is 0 Å². The summed E-state index contributed by atoms with van der Waals surface area (Å²) in [5.74, 6) is -2.86. The van der Waals surface area contributed by atoms with Gasteiger partial charge in [-0.05, 0) is 25.8 Å². The van der Waals surface area contributed by atoms with Crippen LogP contribution < -0.4 is 0 Å². The van der Waals surface area contributed by atoms with Crippen molar-refractivity contribution in [1.29, 1.82) is 0 Å². The highest BCUT2D eigenvalue weighted by molar-refractivity contribution is 5.88. The highest BCUT2D eigenvalue weighted by atomic mass is 16.5. The molecule has 0 saturated carbocycles. The second kappa shape index (κ2) is 17.0. The number of methoxy groups -OCH3 is 1. The number of benzene rings is 1. The Morgan fingerprint density at radius 1 is 0.935 bits per heavy atom. The Bertz CT molecular complexity index is 807. The summed E-state index contributed by atoms with van der Waals surface area (Å²) in [6.45, 7) is 13.3.